The van der Waals surface area contributed by atoms with Gasteiger partial charge in [-0.3, -0.25) is 13.9 Å². The highest BCUT2D eigenvalue weighted by Crippen LogP contribution is 2.27. The fourth-order valence-corrected chi connectivity index (χ4v) is 5.62. The average molecular weight is 603 g/mol. The first-order valence-electron chi connectivity index (χ1n) is 12.1. The van der Waals surface area contributed by atoms with Crippen molar-refractivity contribution in [3.63, 3.8) is 0 Å². The van der Waals surface area contributed by atoms with Crippen LogP contribution in [0, 0.1) is 6.92 Å². The summed E-state index contributed by atoms with van der Waals surface area (Å²) in [5, 5.41) is 2.58. The summed E-state index contributed by atoms with van der Waals surface area (Å²) in [5.74, 6) is -0.288. The summed E-state index contributed by atoms with van der Waals surface area (Å²) in [4.78, 5) is 27.8. The zero-order chi connectivity index (χ0) is 27.9. The van der Waals surface area contributed by atoms with E-state index in [0.717, 1.165) is 19.9 Å². The normalized spacial score (nSPS) is 11.9. The van der Waals surface area contributed by atoms with E-state index in [0.29, 0.717) is 18.0 Å². The van der Waals surface area contributed by atoms with Crippen molar-refractivity contribution in [2.24, 2.45) is 0 Å². The van der Waals surface area contributed by atoms with Crippen molar-refractivity contribution in [3.05, 3.63) is 88.4 Å². The van der Waals surface area contributed by atoms with Crippen LogP contribution in [-0.4, -0.2) is 51.4 Å². The molecule has 1 N–H and O–H groups in total. The maximum absolute atomic E-state index is 13.8. The summed E-state index contributed by atoms with van der Waals surface area (Å²) < 4.78 is 34.9. The van der Waals surface area contributed by atoms with Crippen LogP contribution in [0.4, 0.5) is 5.69 Å². The van der Waals surface area contributed by atoms with Crippen LogP contribution in [0.25, 0.3) is 0 Å². The quantitative estimate of drug-likeness (QED) is 0.349. The highest BCUT2D eigenvalue weighted by atomic mass is 79.9. The van der Waals surface area contributed by atoms with E-state index >= 15 is 0 Å². The number of nitrogens with one attached hydrogen (secondary N) is 1. The van der Waals surface area contributed by atoms with Crippen LogP contribution in [0.1, 0.15) is 25.0 Å². The van der Waals surface area contributed by atoms with Gasteiger partial charge < -0.3 is 15.0 Å². The van der Waals surface area contributed by atoms with Gasteiger partial charge >= 0.3 is 0 Å². The molecule has 8 nitrogen and oxygen atoms in total. The first kappa shape index (κ1) is 29.2. The summed E-state index contributed by atoms with van der Waals surface area (Å²) in [6, 6.07) is 19.5. The summed E-state index contributed by atoms with van der Waals surface area (Å²) in [5.41, 5.74) is 2.14. The van der Waals surface area contributed by atoms with Gasteiger partial charge in [0.1, 0.15) is 18.3 Å². The minimum Gasteiger partial charge on any atom is -0.494 e. The number of aryl methyl sites for hydroxylation is 1. The minimum absolute atomic E-state index is 0.0342. The van der Waals surface area contributed by atoms with Crippen molar-refractivity contribution in [1.82, 2.24) is 10.2 Å². The maximum atomic E-state index is 13.8. The van der Waals surface area contributed by atoms with Gasteiger partial charge in [0.05, 0.1) is 17.2 Å². The van der Waals surface area contributed by atoms with E-state index in [1.807, 2.05) is 38.1 Å². The molecule has 3 aromatic rings. The number of anilines is 1. The highest BCUT2D eigenvalue weighted by Gasteiger charge is 2.32. The second-order valence-corrected chi connectivity index (χ2v) is 11.5. The van der Waals surface area contributed by atoms with Crippen LogP contribution in [0.5, 0.6) is 5.75 Å². The molecular weight excluding hydrogens is 570 g/mol. The molecule has 0 aromatic heterocycles. The van der Waals surface area contributed by atoms with Crippen LogP contribution in [-0.2, 0) is 26.2 Å². The number of benzene rings is 3. The molecule has 0 bridgehead atoms. The van der Waals surface area contributed by atoms with E-state index in [4.69, 9.17) is 4.74 Å². The Labute approximate surface area is 232 Å². The molecule has 3 aromatic carbocycles. The molecular formula is C28H32BrN3O5S. The van der Waals surface area contributed by atoms with Crippen LogP contribution in [0.3, 0.4) is 0 Å². The molecule has 0 aliphatic heterocycles. The van der Waals surface area contributed by atoms with Gasteiger partial charge in [0, 0.05) is 18.1 Å². The molecule has 0 fully saturated rings. The number of rotatable bonds is 11. The third-order valence-corrected chi connectivity index (χ3v) is 8.28. The molecule has 0 radical (unpaired) electrons. The molecule has 0 spiro atoms. The van der Waals surface area contributed by atoms with Gasteiger partial charge in [-0.2, -0.15) is 0 Å². The fourth-order valence-electron chi connectivity index (χ4n) is 3.94. The van der Waals surface area contributed by atoms with Crippen LogP contribution in [0.15, 0.2) is 82.2 Å². The predicted octanol–water partition coefficient (Wildman–Crippen LogP) is 4.51. The number of carbonyl (C=O) groups is 2. The molecule has 1 atom stereocenters. The summed E-state index contributed by atoms with van der Waals surface area (Å²) in [7, 11) is -2.63. The lowest BCUT2D eigenvalue weighted by Crippen LogP contribution is -2.50. The number of halogens is 1. The number of sulfonamides is 1. The topological polar surface area (TPSA) is 96.0 Å². The van der Waals surface area contributed by atoms with Gasteiger partial charge in [0.2, 0.25) is 11.8 Å². The number of hydrogen-bond donors (Lipinski definition) is 1. The zero-order valence-corrected chi connectivity index (χ0v) is 24.3. The van der Waals surface area contributed by atoms with E-state index in [9.17, 15) is 18.0 Å². The molecule has 38 heavy (non-hydrogen) atoms. The van der Waals surface area contributed by atoms with Crippen molar-refractivity contribution >= 4 is 43.5 Å². The first-order chi connectivity index (χ1) is 18.1. The van der Waals surface area contributed by atoms with E-state index in [2.05, 4.69) is 21.2 Å². The van der Waals surface area contributed by atoms with Crippen LogP contribution in [0.2, 0.25) is 0 Å². The van der Waals surface area contributed by atoms with Gasteiger partial charge in [-0.25, -0.2) is 8.42 Å². The number of carbonyl (C=O) groups excluding carboxylic acids is 2. The lowest BCUT2D eigenvalue weighted by atomic mass is 10.1. The van der Waals surface area contributed by atoms with Gasteiger partial charge in [0.25, 0.3) is 10.0 Å². The highest BCUT2D eigenvalue weighted by molar-refractivity contribution is 9.10. The largest absolute Gasteiger partial charge is 0.494 e. The fraction of sp³-hybridized carbons (Fsp3) is 0.286. The monoisotopic (exact) mass is 601 g/mol. The lowest BCUT2D eigenvalue weighted by Gasteiger charge is -2.32. The van der Waals surface area contributed by atoms with Gasteiger partial charge in [-0.1, -0.05) is 45.8 Å². The number of amides is 2. The third kappa shape index (κ3) is 7.14. The second kappa shape index (κ2) is 12.9. The molecule has 0 aliphatic rings. The van der Waals surface area contributed by atoms with Crippen LogP contribution < -0.4 is 14.4 Å². The molecule has 10 heteroatoms. The molecule has 0 heterocycles. The summed E-state index contributed by atoms with van der Waals surface area (Å²) >= 11 is 3.33. The second-order valence-electron chi connectivity index (χ2n) is 8.69. The Kier molecular flexibility index (Phi) is 9.93. The Hall–Kier alpha value is -3.37. The van der Waals surface area contributed by atoms with Gasteiger partial charge in [-0.15, -0.1) is 0 Å². The minimum atomic E-state index is -4.13. The van der Waals surface area contributed by atoms with E-state index in [1.54, 1.807) is 43.3 Å². The molecule has 3 rings (SSSR count). The average Bonchev–Trinajstić information content (AvgIpc) is 2.90. The number of ether oxygens (including phenoxy) is 1. The number of nitrogens with zero attached hydrogens (tertiary/aromatic N) is 2. The predicted molar refractivity (Wildman–Crippen MR) is 152 cm³/mol. The molecule has 202 valence electrons. The van der Waals surface area contributed by atoms with Gasteiger partial charge in [-0.05, 0) is 74.9 Å². The Morgan fingerprint density at radius 1 is 1.03 bits per heavy atom. The van der Waals surface area contributed by atoms with Crippen molar-refractivity contribution in [3.8, 4) is 5.75 Å². The molecule has 0 saturated heterocycles. The van der Waals surface area contributed by atoms with Crippen LogP contribution >= 0.6 is 15.9 Å². The standard InChI is InChI=1S/C28H32BrN3O5S/c1-5-37-25-13-11-24(12-14-25)32(38(35,36)26-15-9-23(29)10-16-26)19-27(33)31(21(3)28(34)30-4)18-22-8-6-7-20(2)17-22/h6-17,21H,5,18-19H2,1-4H3,(H,30,34). The van der Waals surface area contributed by atoms with E-state index in [-0.39, 0.29) is 17.3 Å². The Balaban J connectivity index is 2.03. The summed E-state index contributed by atoms with van der Waals surface area (Å²) in [6.45, 7) is 5.52. The first-order valence-corrected chi connectivity index (χ1v) is 14.4. The lowest BCUT2D eigenvalue weighted by molar-refractivity contribution is -0.139. The van der Waals surface area contributed by atoms with E-state index in [1.165, 1.54) is 24.1 Å². The van der Waals surface area contributed by atoms with Crippen molar-refractivity contribution in [2.45, 2.75) is 38.3 Å². The Morgan fingerprint density at radius 2 is 1.68 bits per heavy atom. The third-order valence-electron chi connectivity index (χ3n) is 5.97. The van der Waals surface area contributed by atoms with Crippen molar-refractivity contribution in [1.29, 1.82) is 0 Å². The van der Waals surface area contributed by atoms with Crippen molar-refractivity contribution < 1.29 is 22.7 Å². The Morgan fingerprint density at radius 3 is 2.26 bits per heavy atom. The molecule has 2 amide bonds. The van der Waals surface area contributed by atoms with E-state index < -0.39 is 28.5 Å². The molecule has 1 unspecified atom stereocenters. The van der Waals surface area contributed by atoms with Crippen molar-refractivity contribution in [2.75, 3.05) is 24.5 Å². The molecule has 0 aliphatic carbocycles. The SMILES string of the molecule is CCOc1ccc(N(CC(=O)N(Cc2cccc(C)c2)C(C)C(=O)NC)S(=O)(=O)c2ccc(Br)cc2)cc1. The van der Waals surface area contributed by atoms with Gasteiger partial charge in [0.15, 0.2) is 0 Å². The Bertz CT molecular complexity index is 1360. The molecule has 0 saturated carbocycles. The maximum Gasteiger partial charge on any atom is 0.264 e. The summed E-state index contributed by atoms with van der Waals surface area (Å²) in [6.07, 6.45) is 0. The zero-order valence-electron chi connectivity index (χ0n) is 21.8. The number of hydrogen-bond acceptors (Lipinski definition) is 5. The smallest absolute Gasteiger partial charge is 0.264 e. The number of likely N-dealkylation sites (N-methyl/N-ethyl adjacent to an activating group) is 1.